The Morgan fingerprint density at radius 3 is 3.06 bits per heavy atom. The van der Waals surface area contributed by atoms with E-state index in [1.807, 2.05) is 4.90 Å². The van der Waals surface area contributed by atoms with Crippen LogP contribution in [0.4, 0.5) is 0 Å². The minimum absolute atomic E-state index is 0.0412. The lowest BCUT2D eigenvalue weighted by molar-refractivity contribution is 0.0709. The molecule has 1 aliphatic heterocycles. The molecule has 1 amide bonds. The summed E-state index contributed by atoms with van der Waals surface area (Å²) in [6.07, 6.45) is 4.62. The van der Waals surface area contributed by atoms with Crippen molar-refractivity contribution in [1.29, 1.82) is 0 Å². The largest absolute Gasteiger partial charge is 0.438 e. The Labute approximate surface area is 108 Å². The number of aromatic nitrogens is 1. The quantitative estimate of drug-likeness (QED) is 0.863. The second-order valence-corrected chi connectivity index (χ2v) is 4.81. The molecule has 1 N–H and O–H groups in total. The van der Waals surface area contributed by atoms with E-state index in [4.69, 9.17) is 4.42 Å². The number of rotatable bonds is 5. The van der Waals surface area contributed by atoms with Gasteiger partial charge < -0.3 is 14.6 Å². The molecule has 0 radical (unpaired) electrons. The fourth-order valence-corrected chi connectivity index (χ4v) is 2.38. The number of hydrogen-bond acceptors (Lipinski definition) is 4. The molecule has 1 atom stereocenters. The third-order valence-corrected chi connectivity index (χ3v) is 3.32. The predicted octanol–water partition coefficient (Wildman–Crippen LogP) is 1.59. The molecule has 1 aromatic heterocycles. The Morgan fingerprint density at radius 2 is 2.50 bits per heavy atom. The molecule has 0 aromatic carbocycles. The highest BCUT2D eigenvalue weighted by Crippen LogP contribution is 2.13. The summed E-state index contributed by atoms with van der Waals surface area (Å²) in [6, 6.07) is 0.420. The van der Waals surface area contributed by atoms with Gasteiger partial charge in [0.15, 0.2) is 6.39 Å². The topological polar surface area (TPSA) is 58.4 Å². The number of oxazole rings is 1. The van der Waals surface area contributed by atoms with Gasteiger partial charge in [0.1, 0.15) is 0 Å². The van der Waals surface area contributed by atoms with Crippen molar-refractivity contribution in [2.24, 2.45) is 0 Å². The fourth-order valence-electron chi connectivity index (χ4n) is 2.38. The molecule has 2 rings (SSSR count). The first-order valence-corrected chi connectivity index (χ1v) is 6.65. The van der Waals surface area contributed by atoms with Crippen molar-refractivity contribution in [3.63, 3.8) is 0 Å². The van der Waals surface area contributed by atoms with E-state index in [9.17, 15) is 4.79 Å². The van der Waals surface area contributed by atoms with Gasteiger partial charge in [0.05, 0.1) is 5.69 Å². The lowest BCUT2D eigenvalue weighted by Gasteiger charge is -2.24. The van der Waals surface area contributed by atoms with Crippen LogP contribution >= 0.6 is 0 Å². The molecular weight excluding hydrogens is 230 g/mol. The summed E-state index contributed by atoms with van der Waals surface area (Å²) in [5.74, 6) is 0.335. The summed E-state index contributed by atoms with van der Waals surface area (Å²) in [5, 5.41) is 3.42. The molecule has 1 aromatic rings. The lowest BCUT2D eigenvalue weighted by Crippen LogP contribution is -2.41. The van der Waals surface area contributed by atoms with Gasteiger partial charge in [0.25, 0.3) is 5.91 Å². The summed E-state index contributed by atoms with van der Waals surface area (Å²) in [7, 11) is 0. The Kier molecular flexibility index (Phi) is 4.36. The minimum Gasteiger partial charge on any atom is -0.438 e. The van der Waals surface area contributed by atoms with Crippen molar-refractivity contribution < 1.29 is 9.21 Å². The van der Waals surface area contributed by atoms with Crippen LogP contribution in [0, 0.1) is 6.92 Å². The second kappa shape index (κ2) is 6.00. The van der Waals surface area contributed by atoms with Crippen LogP contribution in [0.2, 0.25) is 0 Å². The van der Waals surface area contributed by atoms with Crippen LogP contribution in [-0.4, -0.2) is 41.5 Å². The van der Waals surface area contributed by atoms with E-state index in [1.165, 1.54) is 12.8 Å². The summed E-state index contributed by atoms with van der Waals surface area (Å²) >= 11 is 0. The Bertz CT molecular complexity index is 397. The zero-order chi connectivity index (χ0) is 13.0. The van der Waals surface area contributed by atoms with E-state index < -0.39 is 0 Å². The van der Waals surface area contributed by atoms with E-state index in [-0.39, 0.29) is 5.91 Å². The third-order valence-electron chi connectivity index (χ3n) is 3.32. The zero-order valence-electron chi connectivity index (χ0n) is 11.1. The normalized spacial score (nSPS) is 19.1. The van der Waals surface area contributed by atoms with Crippen LogP contribution in [0.15, 0.2) is 10.8 Å². The average Bonchev–Trinajstić information content (AvgIpc) is 2.99. The number of carbonyl (C=O) groups is 1. The van der Waals surface area contributed by atoms with E-state index in [0.717, 1.165) is 32.5 Å². The summed E-state index contributed by atoms with van der Waals surface area (Å²) in [4.78, 5) is 18.2. The molecule has 5 nitrogen and oxygen atoms in total. The average molecular weight is 251 g/mol. The lowest BCUT2D eigenvalue weighted by atomic mass is 10.2. The van der Waals surface area contributed by atoms with Gasteiger partial charge in [-0.1, -0.05) is 6.92 Å². The highest BCUT2D eigenvalue weighted by Gasteiger charge is 2.24. The van der Waals surface area contributed by atoms with Crippen molar-refractivity contribution in [3.8, 4) is 0 Å². The van der Waals surface area contributed by atoms with Gasteiger partial charge in [-0.25, -0.2) is 4.98 Å². The smallest absolute Gasteiger partial charge is 0.291 e. The molecule has 1 fully saturated rings. The Morgan fingerprint density at radius 1 is 1.67 bits per heavy atom. The van der Waals surface area contributed by atoms with Gasteiger partial charge >= 0.3 is 0 Å². The molecule has 0 spiro atoms. The van der Waals surface area contributed by atoms with Gasteiger partial charge in [0, 0.05) is 19.1 Å². The number of aryl methyl sites for hydroxylation is 1. The standard InChI is InChI=1S/C13H21N3O2/c1-3-7-16(8-11-5-4-6-14-11)13(17)12-10(2)15-9-18-12/h9,11,14H,3-8H2,1-2H3. The number of nitrogens with zero attached hydrogens (tertiary/aromatic N) is 2. The van der Waals surface area contributed by atoms with E-state index in [1.54, 1.807) is 6.92 Å². The van der Waals surface area contributed by atoms with Crippen LogP contribution in [0.25, 0.3) is 0 Å². The highest BCUT2D eigenvalue weighted by atomic mass is 16.3. The van der Waals surface area contributed by atoms with Crippen molar-refractivity contribution in [1.82, 2.24) is 15.2 Å². The molecule has 1 saturated heterocycles. The Hall–Kier alpha value is -1.36. The molecule has 1 aliphatic rings. The fraction of sp³-hybridized carbons (Fsp3) is 0.692. The number of nitrogens with one attached hydrogen (secondary N) is 1. The van der Waals surface area contributed by atoms with Crippen LogP contribution in [0.3, 0.4) is 0 Å². The molecule has 0 aliphatic carbocycles. The summed E-state index contributed by atoms with van der Waals surface area (Å²) in [6.45, 7) is 6.45. The third kappa shape index (κ3) is 2.90. The van der Waals surface area contributed by atoms with Crippen molar-refractivity contribution in [3.05, 3.63) is 17.8 Å². The molecule has 2 heterocycles. The van der Waals surface area contributed by atoms with Gasteiger partial charge in [-0.15, -0.1) is 0 Å². The molecule has 100 valence electrons. The first-order valence-electron chi connectivity index (χ1n) is 6.65. The SMILES string of the molecule is CCCN(CC1CCCN1)C(=O)c1ocnc1C. The number of hydrogen-bond donors (Lipinski definition) is 1. The van der Waals surface area contributed by atoms with Crippen molar-refractivity contribution >= 4 is 5.91 Å². The predicted molar refractivity (Wildman–Crippen MR) is 68.5 cm³/mol. The molecule has 0 saturated carbocycles. The van der Waals surface area contributed by atoms with E-state index in [0.29, 0.717) is 17.5 Å². The second-order valence-electron chi connectivity index (χ2n) is 4.81. The van der Waals surface area contributed by atoms with Crippen molar-refractivity contribution in [2.75, 3.05) is 19.6 Å². The van der Waals surface area contributed by atoms with Gasteiger partial charge in [-0.05, 0) is 32.7 Å². The maximum absolute atomic E-state index is 12.4. The first-order chi connectivity index (χ1) is 8.72. The summed E-state index contributed by atoms with van der Waals surface area (Å²) in [5.41, 5.74) is 0.667. The highest BCUT2D eigenvalue weighted by molar-refractivity contribution is 5.92. The van der Waals surface area contributed by atoms with Crippen LogP contribution in [0.5, 0.6) is 0 Å². The molecular formula is C13H21N3O2. The Balaban J connectivity index is 2.04. The number of amides is 1. The van der Waals surface area contributed by atoms with E-state index >= 15 is 0 Å². The van der Waals surface area contributed by atoms with Gasteiger partial charge in [0.2, 0.25) is 5.76 Å². The van der Waals surface area contributed by atoms with Crippen molar-refractivity contribution in [2.45, 2.75) is 39.2 Å². The van der Waals surface area contributed by atoms with Crippen LogP contribution in [0.1, 0.15) is 42.4 Å². The molecule has 18 heavy (non-hydrogen) atoms. The number of carbonyl (C=O) groups excluding carboxylic acids is 1. The first kappa shape index (κ1) is 13.1. The minimum atomic E-state index is -0.0412. The molecule has 5 heteroatoms. The van der Waals surface area contributed by atoms with Crippen LogP contribution < -0.4 is 5.32 Å². The van der Waals surface area contributed by atoms with Gasteiger partial charge in [-0.3, -0.25) is 4.79 Å². The van der Waals surface area contributed by atoms with E-state index in [2.05, 4.69) is 17.2 Å². The summed E-state index contributed by atoms with van der Waals surface area (Å²) < 4.78 is 5.20. The molecule has 0 bridgehead atoms. The zero-order valence-corrected chi connectivity index (χ0v) is 11.1. The van der Waals surface area contributed by atoms with Gasteiger partial charge in [-0.2, -0.15) is 0 Å². The molecule has 1 unspecified atom stereocenters. The maximum atomic E-state index is 12.4. The maximum Gasteiger partial charge on any atom is 0.291 e. The van der Waals surface area contributed by atoms with Crippen LogP contribution in [-0.2, 0) is 0 Å². The monoisotopic (exact) mass is 251 g/mol.